The van der Waals surface area contributed by atoms with Gasteiger partial charge in [-0.05, 0) is 37.6 Å². The Kier molecular flexibility index (Phi) is 5.51. The molecule has 25 heavy (non-hydrogen) atoms. The van der Waals surface area contributed by atoms with Crippen LogP contribution < -0.4 is 10.2 Å². The first-order chi connectivity index (χ1) is 12.2. The highest BCUT2D eigenvalue weighted by Gasteiger charge is 2.11. The van der Waals surface area contributed by atoms with Gasteiger partial charge in [-0.3, -0.25) is 0 Å². The number of hydrogen-bond donors (Lipinski definition) is 1. The standard InChI is InChI=1S/C20H21ClN4/c1-3-25(17-10-5-4-6-11-17)19-13-15(2)23-20(24-19)22-14-16-9-7-8-12-18(16)21/h4-13H,3,14H2,1-2H3,(H,22,23,24). The summed E-state index contributed by atoms with van der Waals surface area (Å²) in [5, 5.41) is 4.02. The Labute approximate surface area is 153 Å². The molecule has 0 amide bonds. The SMILES string of the molecule is CCN(c1ccccc1)c1cc(C)nc(NCc2ccccc2Cl)n1. The van der Waals surface area contributed by atoms with Crippen molar-refractivity contribution in [2.75, 3.05) is 16.8 Å². The summed E-state index contributed by atoms with van der Waals surface area (Å²) in [6, 6.07) is 20.0. The molecule has 1 aromatic heterocycles. The number of nitrogens with zero attached hydrogens (tertiary/aromatic N) is 3. The van der Waals surface area contributed by atoms with Gasteiger partial charge in [0, 0.05) is 35.6 Å². The molecule has 0 fully saturated rings. The lowest BCUT2D eigenvalue weighted by Gasteiger charge is -2.23. The first kappa shape index (κ1) is 17.2. The van der Waals surface area contributed by atoms with E-state index >= 15 is 0 Å². The van der Waals surface area contributed by atoms with Gasteiger partial charge in [0.1, 0.15) is 5.82 Å². The molecule has 4 nitrogen and oxygen atoms in total. The fraction of sp³-hybridized carbons (Fsp3) is 0.200. The van der Waals surface area contributed by atoms with Crippen LogP contribution >= 0.6 is 11.6 Å². The van der Waals surface area contributed by atoms with E-state index in [1.54, 1.807) is 0 Å². The molecule has 3 aromatic rings. The molecule has 2 aromatic carbocycles. The van der Waals surface area contributed by atoms with E-state index in [2.05, 4.69) is 39.2 Å². The number of aromatic nitrogens is 2. The molecule has 0 unspecified atom stereocenters. The van der Waals surface area contributed by atoms with E-state index in [0.717, 1.165) is 34.3 Å². The molecule has 0 spiro atoms. The molecule has 1 N–H and O–H groups in total. The second-order valence-electron chi connectivity index (χ2n) is 5.72. The Morgan fingerprint density at radius 2 is 1.72 bits per heavy atom. The van der Waals surface area contributed by atoms with Gasteiger partial charge in [0.25, 0.3) is 0 Å². The molecule has 0 saturated carbocycles. The fourth-order valence-corrected chi connectivity index (χ4v) is 2.87. The van der Waals surface area contributed by atoms with Crippen LogP contribution in [0.3, 0.4) is 0 Å². The van der Waals surface area contributed by atoms with Gasteiger partial charge < -0.3 is 10.2 Å². The first-order valence-electron chi connectivity index (χ1n) is 8.33. The lowest BCUT2D eigenvalue weighted by Crippen LogP contribution is -2.18. The van der Waals surface area contributed by atoms with E-state index in [1.165, 1.54) is 0 Å². The van der Waals surface area contributed by atoms with Gasteiger partial charge in [-0.1, -0.05) is 48.0 Å². The van der Waals surface area contributed by atoms with Crippen LogP contribution in [0.25, 0.3) is 0 Å². The number of para-hydroxylation sites is 1. The third kappa shape index (κ3) is 4.28. The van der Waals surface area contributed by atoms with Crippen LogP contribution in [0.1, 0.15) is 18.2 Å². The van der Waals surface area contributed by atoms with E-state index in [1.807, 2.05) is 55.5 Å². The predicted octanol–water partition coefficient (Wildman–Crippen LogP) is 5.21. The topological polar surface area (TPSA) is 41.1 Å². The van der Waals surface area contributed by atoms with Crippen molar-refractivity contribution in [2.45, 2.75) is 20.4 Å². The summed E-state index contributed by atoms with van der Waals surface area (Å²) in [7, 11) is 0. The van der Waals surface area contributed by atoms with E-state index in [-0.39, 0.29) is 0 Å². The van der Waals surface area contributed by atoms with Crippen LogP contribution in [0.5, 0.6) is 0 Å². The number of aryl methyl sites for hydroxylation is 1. The second kappa shape index (κ2) is 7.99. The van der Waals surface area contributed by atoms with E-state index in [9.17, 15) is 0 Å². The number of hydrogen-bond acceptors (Lipinski definition) is 4. The molecular formula is C20H21ClN4. The van der Waals surface area contributed by atoms with Crippen LogP contribution in [0, 0.1) is 6.92 Å². The van der Waals surface area contributed by atoms with Gasteiger partial charge in [-0.15, -0.1) is 0 Å². The second-order valence-corrected chi connectivity index (χ2v) is 6.12. The molecule has 0 aliphatic rings. The summed E-state index contributed by atoms with van der Waals surface area (Å²) in [4.78, 5) is 11.3. The highest BCUT2D eigenvalue weighted by Crippen LogP contribution is 2.24. The number of halogens is 1. The van der Waals surface area contributed by atoms with Crippen LogP contribution in [-0.2, 0) is 6.54 Å². The van der Waals surface area contributed by atoms with Gasteiger partial charge in [-0.2, -0.15) is 4.98 Å². The quantitative estimate of drug-likeness (QED) is 0.661. The molecule has 0 atom stereocenters. The minimum absolute atomic E-state index is 0.583. The van der Waals surface area contributed by atoms with Gasteiger partial charge in [0.15, 0.2) is 0 Å². The normalized spacial score (nSPS) is 10.5. The third-order valence-corrected chi connectivity index (χ3v) is 4.26. The van der Waals surface area contributed by atoms with Crippen molar-refractivity contribution in [3.8, 4) is 0 Å². The van der Waals surface area contributed by atoms with Gasteiger partial charge in [0.05, 0.1) is 0 Å². The molecule has 0 bridgehead atoms. The van der Waals surface area contributed by atoms with Crippen molar-refractivity contribution in [1.82, 2.24) is 9.97 Å². The van der Waals surface area contributed by atoms with Crippen LogP contribution in [0.4, 0.5) is 17.5 Å². The zero-order valence-electron chi connectivity index (χ0n) is 14.4. The van der Waals surface area contributed by atoms with Crippen LogP contribution in [0.2, 0.25) is 5.02 Å². The monoisotopic (exact) mass is 352 g/mol. The summed E-state index contributed by atoms with van der Waals surface area (Å²) in [6.45, 7) is 5.50. The minimum atomic E-state index is 0.583. The molecule has 0 radical (unpaired) electrons. The molecule has 3 rings (SSSR count). The highest BCUT2D eigenvalue weighted by atomic mass is 35.5. The van der Waals surface area contributed by atoms with E-state index in [0.29, 0.717) is 12.5 Å². The predicted molar refractivity (Wildman–Crippen MR) is 105 cm³/mol. The Morgan fingerprint density at radius 3 is 2.44 bits per heavy atom. The lowest BCUT2D eigenvalue weighted by atomic mass is 10.2. The lowest BCUT2D eigenvalue weighted by molar-refractivity contribution is 0.955. The highest BCUT2D eigenvalue weighted by molar-refractivity contribution is 6.31. The zero-order chi connectivity index (χ0) is 17.6. The molecule has 0 aliphatic carbocycles. The number of benzene rings is 2. The number of rotatable bonds is 6. The van der Waals surface area contributed by atoms with Crippen molar-refractivity contribution in [3.05, 3.63) is 76.9 Å². The zero-order valence-corrected chi connectivity index (χ0v) is 15.2. The smallest absolute Gasteiger partial charge is 0.225 e. The third-order valence-electron chi connectivity index (χ3n) is 3.90. The maximum atomic E-state index is 6.22. The average molecular weight is 353 g/mol. The van der Waals surface area contributed by atoms with Gasteiger partial charge >= 0.3 is 0 Å². The molecule has 0 aliphatic heterocycles. The molecule has 0 saturated heterocycles. The van der Waals surface area contributed by atoms with Crippen LogP contribution in [-0.4, -0.2) is 16.5 Å². The van der Waals surface area contributed by atoms with Gasteiger partial charge in [-0.25, -0.2) is 4.98 Å². The summed E-state index contributed by atoms with van der Waals surface area (Å²) in [6.07, 6.45) is 0. The Bertz CT molecular complexity index is 836. The van der Waals surface area contributed by atoms with Crippen molar-refractivity contribution < 1.29 is 0 Å². The number of anilines is 3. The largest absolute Gasteiger partial charge is 0.350 e. The number of nitrogens with one attached hydrogen (secondary N) is 1. The average Bonchev–Trinajstić information content (AvgIpc) is 2.62. The molecule has 128 valence electrons. The Hall–Kier alpha value is -2.59. The summed E-state index contributed by atoms with van der Waals surface area (Å²) in [5.41, 5.74) is 3.05. The Balaban J connectivity index is 1.84. The summed E-state index contributed by atoms with van der Waals surface area (Å²) < 4.78 is 0. The molecule has 1 heterocycles. The molecular weight excluding hydrogens is 332 g/mol. The van der Waals surface area contributed by atoms with Gasteiger partial charge in [0.2, 0.25) is 5.95 Å². The summed E-state index contributed by atoms with van der Waals surface area (Å²) >= 11 is 6.22. The maximum Gasteiger partial charge on any atom is 0.225 e. The maximum absolute atomic E-state index is 6.22. The summed E-state index contributed by atoms with van der Waals surface area (Å²) in [5.74, 6) is 1.48. The fourth-order valence-electron chi connectivity index (χ4n) is 2.67. The van der Waals surface area contributed by atoms with Crippen molar-refractivity contribution in [2.24, 2.45) is 0 Å². The van der Waals surface area contributed by atoms with Crippen molar-refractivity contribution in [3.63, 3.8) is 0 Å². The van der Waals surface area contributed by atoms with Crippen molar-refractivity contribution >= 4 is 29.1 Å². The minimum Gasteiger partial charge on any atom is -0.350 e. The van der Waals surface area contributed by atoms with E-state index < -0.39 is 0 Å². The van der Waals surface area contributed by atoms with E-state index in [4.69, 9.17) is 11.6 Å². The van der Waals surface area contributed by atoms with Crippen LogP contribution in [0.15, 0.2) is 60.7 Å². The first-order valence-corrected chi connectivity index (χ1v) is 8.70. The Morgan fingerprint density at radius 1 is 1.00 bits per heavy atom. The molecule has 5 heteroatoms. The van der Waals surface area contributed by atoms with Crippen molar-refractivity contribution in [1.29, 1.82) is 0 Å².